The number of nitrogens with one attached hydrogen (secondary N) is 1. The van der Waals surface area contributed by atoms with Crippen molar-refractivity contribution in [1.82, 2.24) is 14.9 Å². The van der Waals surface area contributed by atoms with Crippen molar-refractivity contribution in [2.75, 3.05) is 37.6 Å². The summed E-state index contributed by atoms with van der Waals surface area (Å²) >= 11 is 0. The van der Waals surface area contributed by atoms with Gasteiger partial charge in [0.2, 0.25) is 5.95 Å². The van der Waals surface area contributed by atoms with Gasteiger partial charge in [-0.1, -0.05) is 49.4 Å². The maximum atomic E-state index is 12.8. The van der Waals surface area contributed by atoms with E-state index in [1.54, 1.807) is 0 Å². The molecule has 5 nitrogen and oxygen atoms in total. The summed E-state index contributed by atoms with van der Waals surface area (Å²) in [4.78, 5) is 25.2. The van der Waals surface area contributed by atoms with Crippen LogP contribution < -0.4 is 10.5 Å². The number of H-pyrrole nitrogens is 1. The fraction of sp³-hybridized carbons (Fsp3) is 0.364. The van der Waals surface area contributed by atoms with Gasteiger partial charge in [-0.2, -0.15) is 0 Å². The maximum absolute atomic E-state index is 12.8. The number of anilines is 1. The van der Waals surface area contributed by atoms with Gasteiger partial charge in [-0.05, 0) is 29.8 Å². The van der Waals surface area contributed by atoms with E-state index in [0.29, 0.717) is 12.4 Å². The number of benzene rings is 2. The summed E-state index contributed by atoms with van der Waals surface area (Å²) in [7, 11) is 0. The number of hydrogen-bond acceptors (Lipinski definition) is 4. The van der Waals surface area contributed by atoms with Crippen molar-refractivity contribution < 1.29 is 0 Å². The Labute approximate surface area is 159 Å². The van der Waals surface area contributed by atoms with Gasteiger partial charge in [0.25, 0.3) is 5.56 Å². The van der Waals surface area contributed by atoms with Crippen molar-refractivity contribution in [2.45, 2.75) is 20.3 Å². The first-order valence-corrected chi connectivity index (χ1v) is 9.69. The fourth-order valence-corrected chi connectivity index (χ4v) is 3.87. The van der Waals surface area contributed by atoms with Crippen LogP contribution in [-0.2, 0) is 6.42 Å². The van der Waals surface area contributed by atoms with E-state index in [0.717, 1.165) is 49.5 Å². The second kappa shape index (κ2) is 7.53. The van der Waals surface area contributed by atoms with E-state index >= 15 is 0 Å². The van der Waals surface area contributed by atoms with Crippen molar-refractivity contribution in [3.05, 3.63) is 69.6 Å². The van der Waals surface area contributed by atoms with Gasteiger partial charge in [-0.25, -0.2) is 4.98 Å². The maximum Gasteiger partial charge on any atom is 0.256 e. The van der Waals surface area contributed by atoms with Crippen LogP contribution in [0.25, 0.3) is 10.8 Å². The van der Waals surface area contributed by atoms with Gasteiger partial charge >= 0.3 is 0 Å². The van der Waals surface area contributed by atoms with E-state index in [1.807, 2.05) is 19.1 Å². The van der Waals surface area contributed by atoms with Crippen molar-refractivity contribution in [3.8, 4) is 0 Å². The summed E-state index contributed by atoms with van der Waals surface area (Å²) in [5.74, 6) is 0.704. The lowest BCUT2D eigenvalue weighted by atomic mass is 9.98. The molecule has 0 radical (unpaired) electrons. The average Bonchev–Trinajstić information content (AvgIpc) is 2.70. The molecule has 1 N–H and O–H groups in total. The summed E-state index contributed by atoms with van der Waals surface area (Å²) in [5, 5.41) is 2.39. The van der Waals surface area contributed by atoms with Crippen LogP contribution in [0.4, 0.5) is 5.95 Å². The van der Waals surface area contributed by atoms with Crippen LogP contribution in [0.15, 0.2) is 47.3 Å². The molecule has 0 unspecified atom stereocenters. The minimum absolute atomic E-state index is 0.0247. The molecule has 0 atom stereocenters. The Hall–Kier alpha value is -2.66. The number of aryl methyl sites for hydroxylation is 1. The molecule has 0 bridgehead atoms. The third-order valence-electron chi connectivity index (χ3n) is 5.58. The molecule has 1 aromatic heterocycles. The first-order chi connectivity index (χ1) is 13.2. The Morgan fingerprint density at radius 3 is 2.52 bits per heavy atom. The third kappa shape index (κ3) is 3.60. The van der Waals surface area contributed by atoms with Gasteiger partial charge in [0.15, 0.2) is 0 Å². The highest BCUT2D eigenvalue weighted by Gasteiger charge is 2.19. The van der Waals surface area contributed by atoms with Crippen LogP contribution in [0.3, 0.4) is 0 Å². The quantitative estimate of drug-likeness (QED) is 0.775. The highest BCUT2D eigenvalue weighted by atomic mass is 16.1. The molecule has 27 heavy (non-hydrogen) atoms. The minimum atomic E-state index is -0.0247. The zero-order chi connectivity index (χ0) is 18.8. The Balaban J connectivity index is 1.62. The molecule has 2 heterocycles. The molecular weight excluding hydrogens is 336 g/mol. The van der Waals surface area contributed by atoms with Crippen LogP contribution in [0.2, 0.25) is 0 Å². The molecule has 2 aromatic carbocycles. The Bertz CT molecular complexity index is 997. The molecule has 3 aromatic rings. The number of nitrogens with zero attached hydrogens (tertiary/aromatic N) is 3. The summed E-state index contributed by atoms with van der Waals surface area (Å²) in [5.41, 5.74) is 2.71. The van der Waals surface area contributed by atoms with E-state index in [9.17, 15) is 4.79 Å². The Morgan fingerprint density at radius 2 is 1.78 bits per heavy atom. The van der Waals surface area contributed by atoms with Crippen LogP contribution >= 0.6 is 0 Å². The zero-order valence-electron chi connectivity index (χ0n) is 16.0. The first-order valence-electron chi connectivity index (χ1n) is 9.69. The van der Waals surface area contributed by atoms with E-state index < -0.39 is 0 Å². The smallest absolute Gasteiger partial charge is 0.256 e. The number of aromatic nitrogens is 2. The minimum Gasteiger partial charge on any atom is -0.340 e. The number of piperazine rings is 1. The van der Waals surface area contributed by atoms with Gasteiger partial charge in [-0.3, -0.25) is 9.78 Å². The lowest BCUT2D eigenvalue weighted by Gasteiger charge is -2.34. The SMILES string of the molecule is CCN1CCN(c2nc(C)c(Cc3cccc4ccccc34)c(=O)[nH]2)CC1. The Kier molecular flexibility index (Phi) is 4.94. The highest BCUT2D eigenvalue weighted by molar-refractivity contribution is 5.85. The highest BCUT2D eigenvalue weighted by Crippen LogP contribution is 2.21. The van der Waals surface area contributed by atoms with E-state index in [2.05, 4.69) is 52.0 Å². The van der Waals surface area contributed by atoms with Gasteiger partial charge in [0.1, 0.15) is 0 Å². The van der Waals surface area contributed by atoms with Crippen LogP contribution in [0.5, 0.6) is 0 Å². The van der Waals surface area contributed by atoms with Gasteiger partial charge in [0.05, 0.1) is 5.69 Å². The third-order valence-corrected chi connectivity index (χ3v) is 5.58. The second-order valence-electron chi connectivity index (χ2n) is 7.19. The molecular formula is C22H26N4O. The predicted octanol–water partition coefficient (Wildman–Crippen LogP) is 2.96. The number of rotatable bonds is 4. The summed E-state index contributed by atoms with van der Waals surface area (Å²) in [6.07, 6.45) is 0.597. The number of hydrogen-bond donors (Lipinski definition) is 1. The van der Waals surface area contributed by atoms with E-state index in [-0.39, 0.29) is 5.56 Å². The number of fused-ring (bicyclic) bond motifs is 1. The zero-order valence-corrected chi connectivity index (χ0v) is 16.0. The Morgan fingerprint density at radius 1 is 1.04 bits per heavy atom. The van der Waals surface area contributed by atoms with Crippen molar-refractivity contribution in [2.24, 2.45) is 0 Å². The van der Waals surface area contributed by atoms with Crippen LogP contribution in [0, 0.1) is 6.92 Å². The summed E-state index contributed by atoms with van der Waals surface area (Å²) < 4.78 is 0. The monoisotopic (exact) mass is 362 g/mol. The van der Waals surface area contributed by atoms with Crippen LogP contribution in [0.1, 0.15) is 23.7 Å². The van der Waals surface area contributed by atoms with E-state index in [4.69, 9.17) is 4.98 Å². The molecule has 1 fully saturated rings. The summed E-state index contributed by atoms with van der Waals surface area (Å²) in [6, 6.07) is 14.6. The van der Waals surface area contributed by atoms with Crippen molar-refractivity contribution >= 4 is 16.7 Å². The lowest BCUT2D eigenvalue weighted by molar-refractivity contribution is 0.269. The average molecular weight is 362 g/mol. The standard InChI is InChI=1S/C22H26N4O/c1-3-25-11-13-26(14-12-25)22-23-16(2)20(21(27)24-22)15-18-9-6-8-17-7-4-5-10-19(17)18/h4-10H,3,11-15H2,1-2H3,(H,23,24,27). The van der Waals surface area contributed by atoms with Crippen molar-refractivity contribution in [3.63, 3.8) is 0 Å². The van der Waals surface area contributed by atoms with Gasteiger partial charge in [-0.15, -0.1) is 0 Å². The molecule has 4 rings (SSSR count). The predicted molar refractivity (Wildman–Crippen MR) is 111 cm³/mol. The molecule has 0 saturated carbocycles. The van der Waals surface area contributed by atoms with Gasteiger partial charge in [0, 0.05) is 38.2 Å². The van der Waals surface area contributed by atoms with Crippen molar-refractivity contribution in [1.29, 1.82) is 0 Å². The molecule has 140 valence electrons. The van der Waals surface area contributed by atoms with Gasteiger partial charge < -0.3 is 9.80 Å². The fourth-order valence-electron chi connectivity index (χ4n) is 3.87. The number of likely N-dealkylation sites (N-methyl/N-ethyl adjacent to an activating group) is 1. The second-order valence-corrected chi connectivity index (χ2v) is 7.19. The summed E-state index contributed by atoms with van der Waals surface area (Å²) in [6.45, 7) is 9.02. The lowest BCUT2D eigenvalue weighted by Crippen LogP contribution is -2.47. The first kappa shape index (κ1) is 17.7. The molecule has 0 spiro atoms. The largest absolute Gasteiger partial charge is 0.340 e. The molecule has 5 heteroatoms. The van der Waals surface area contributed by atoms with Crippen LogP contribution in [-0.4, -0.2) is 47.6 Å². The molecule has 1 aliphatic heterocycles. The number of aromatic amines is 1. The molecule has 1 saturated heterocycles. The molecule has 0 aliphatic carbocycles. The molecule has 1 aliphatic rings. The normalized spacial score (nSPS) is 15.4. The van der Waals surface area contributed by atoms with E-state index in [1.165, 1.54) is 10.8 Å². The topological polar surface area (TPSA) is 52.2 Å². The molecule has 0 amide bonds.